The summed E-state index contributed by atoms with van der Waals surface area (Å²) < 4.78 is 9.87. The Balaban J connectivity index is 2.57. The number of hydrogen-bond acceptors (Lipinski definition) is 4. The largest absolute Gasteiger partial charge is 0.480 e. The molecule has 0 bridgehead atoms. The Morgan fingerprint density at radius 1 is 1.58 bits per heavy atom. The fourth-order valence-corrected chi connectivity index (χ4v) is 1.50. The van der Waals surface area contributed by atoms with Crippen LogP contribution in [0.1, 0.15) is 11.3 Å². The highest BCUT2D eigenvalue weighted by Crippen LogP contribution is 2.10. The van der Waals surface area contributed by atoms with E-state index in [1.165, 1.54) is 12.0 Å². The van der Waals surface area contributed by atoms with Gasteiger partial charge in [0.25, 0.3) is 0 Å². The number of hydrogen-bond donors (Lipinski definition) is 2. The van der Waals surface area contributed by atoms with E-state index in [2.05, 4.69) is 5.32 Å². The van der Waals surface area contributed by atoms with Crippen LogP contribution in [0.2, 0.25) is 0 Å². The molecule has 0 aromatic carbocycles. The molecule has 0 aliphatic heterocycles. The van der Waals surface area contributed by atoms with Gasteiger partial charge in [0, 0.05) is 19.7 Å². The second kappa shape index (κ2) is 6.79. The molecule has 1 aromatic rings. The number of furan rings is 1. The molecule has 7 nitrogen and oxygen atoms in total. The van der Waals surface area contributed by atoms with E-state index in [4.69, 9.17) is 14.3 Å². The molecule has 0 aliphatic carbocycles. The van der Waals surface area contributed by atoms with Gasteiger partial charge in [0.1, 0.15) is 5.76 Å². The number of carbonyl (C=O) groups excluding carboxylic acids is 1. The van der Waals surface area contributed by atoms with Gasteiger partial charge < -0.3 is 24.5 Å². The Hall–Kier alpha value is -2.02. The third-order valence-electron chi connectivity index (χ3n) is 2.65. The maximum atomic E-state index is 11.8. The molecule has 2 N–H and O–H groups in total. The van der Waals surface area contributed by atoms with Crippen molar-refractivity contribution in [3.05, 3.63) is 23.7 Å². The average Bonchev–Trinajstić information content (AvgIpc) is 2.74. The second-order valence-corrected chi connectivity index (χ2v) is 4.15. The topological polar surface area (TPSA) is 92.0 Å². The molecule has 1 unspecified atom stereocenters. The first-order chi connectivity index (χ1) is 8.95. The first kappa shape index (κ1) is 15.0. The third-order valence-corrected chi connectivity index (χ3v) is 2.65. The van der Waals surface area contributed by atoms with Gasteiger partial charge >= 0.3 is 12.0 Å². The number of amides is 2. The van der Waals surface area contributed by atoms with Gasteiger partial charge in [-0.3, -0.25) is 0 Å². The van der Waals surface area contributed by atoms with Gasteiger partial charge in [-0.2, -0.15) is 0 Å². The Kier molecular flexibility index (Phi) is 5.37. The summed E-state index contributed by atoms with van der Waals surface area (Å²) in [5.74, 6) is -0.408. The molecule has 2 amide bonds. The number of aliphatic carboxylic acids is 1. The maximum absolute atomic E-state index is 11.8. The van der Waals surface area contributed by atoms with E-state index in [0.717, 1.165) is 11.3 Å². The van der Waals surface area contributed by atoms with Crippen molar-refractivity contribution in [2.45, 2.75) is 19.5 Å². The smallest absolute Gasteiger partial charge is 0.328 e. The van der Waals surface area contributed by atoms with E-state index in [0.29, 0.717) is 6.54 Å². The van der Waals surface area contributed by atoms with Crippen LogP contribution in [0.25, 0.3) is 0 Å². The molecule has 1 aromatic heterocycles. The quantitative estimate of drug-likeness (QED) is 0.798. The van der Waals surface area contributed by atoms with Crippen molar-refractivity contribution in [1.29, 1.82) is 0 Å². The van der Waals surface area contributed by atoms with Crippen LogP contribution in [0.15, 0.2) is 16.7 Å². The minimum atomic E-state index is -1.14. The normalized spacial score (nSPS) is 11.9. The van der Waals surface area contributed by atoms with Crippen LogP contribution in [0, 0.1) is 6.92 Å². The Morgan fingerprint density at radius 2 is 2.26 bits per heavy atom. The lowest BCUT2D eigenvalue weighted by molar-refractivity contribution is -0.140. The Bertz CT molecular complexity index is 443. The number of carboxylic acids is 1. The first-order valence-electron chi connectivity index (χ1n) is 5.72. The number of methoxy groups -OCH3 is 1. The van der Waals surface area contributed by atoms with E-state index in [1.54, 1.807) is 26.3 Å². The highest BCUT2D eigenvalue weighted by atomic mass is 16.5. The molecular weight excluding hydrogens is 252 g/mol. The van der Waals surface area contributed by atoms with Crippen molar-refractivity contribution in [1.82, 2.24) is 10.2 Å². The molecule has 19 heavy (non-hydrogen) atoms. The second-order valence-electron chi connectivity index (χ2n) is 4.15. The number of urea groups is 1. The molecule has 0 aliphatic rings. The highest BCUT2D eigenvalue weighted by Gasteiger charge is 2.21. The number of aryl methyl sites for hydroxylation is 1. The number of nitrogens with one attached hydrogen (secondary N) is 1. The molecule has 1 heterocycles. The lowest BCUT2D eigenvalue weighted by atomic mass is 10.2. The van der Waals surface area contributed by atoms with Crippen molar-refractivity contribution in [2.24, 2.45) is 0 Å². The minimum absolute atomic E-state index is 0.0837. The van der Waals surface area contributed by atoms with Crippen LogP contribution >= 0.6 is 0 Å². The van der Waals surface area contributed by atoms with E-state index in [-0.39, 0.29) is 6.61 Å². The molecule has 106 valence electrons. The summed E-state index contributed by atoms with van der Waals surface area (Å²) in [6, 6.07) is 0.221. The van der Waals surface area contributed by atoms with E-state index >= 15 is 0 Å². The fraction of sp³-hybridized carbons (Fsp3) is 0.500. The van der Waals surface area contributed by atoms with E-state index < -0.39 is 18.0 Å². The zero-order valence-electron chi connectivity index (χ0n) is 11.2. The summed E-state index contributed by atoms with van der Waals surface area (Å²) in [7, 11) is 2.95. The van der Waals surface area contributed by atoms with Crippen molar-refractivity contribution in [2.75, 3.05) is 20.8 Å². The SMILES string of the molecule is COCC(NC(=O)N(C)Cc1ccoc1C)C(=O)O. The van der Waals surface area contributed by atoms with Gasteiger partial charge in [0.15, 0.2) is 6.04 Å². The lowest BCUT2D eigenvalue weighted by Crippen LogP contribution is -2.48. The van der Waals surface area contributed by atoms with Crippen LogP contribution < -0.4 is 5.32 Å². The first-order valence-corrected chi connectivity index (χ1v) is 5.72. The summed E-state index contributed by atoms with van der Waals surface area (Å²) >= 11 is 0. The highest BCUT2D eigenvalue weighted by molar-refractivity contribution is 5.82. The number of nitrogens with zero attached hydrogens (tertiary/aromatic N) is 1. The fourth-order valence-electron chi connectivity index (χ4n) is 1.50. The van der Waals surface area contributed by atoms with Crippen LogP contribution in [-0.2, 0) is 16.1 Å². The number of carboxylic acid groups (broad SMARTS) is 1. The standard InChI is InChI=1S/C12H18N2O5/c1-8-9(4-5-19-8)6-14(2)12(17)13-10(7-18-3)11(15)16/h4-5,10H,6-7H2,1-3H3,(H,13,17)(H,15,16). The van der Waals surface area contributed by atoms with Crippen molar-refractivity contribution >= 4 is 12.0 Å². The monoisotopic (exact) mass is 270 g/mol. The zero-order valence-corrected chi connectivity index (χ0v) is 11.2. The van der Waals surface area contributed by atoms with Crippen molar-refractivity contribution < 1.29 is 23.8 Å². The molecule has 1 atom stereocenters. The lowest BCUT2D eigenvalue weighted by Gasteiger charge is -2.20. The Labute approximate surface area is 111 Å². The molecule has 7 heteroatoms. The van der Waals surface area contributed by atoms with Crippen LogP contribution in [0.3, 0.4) is 0 Å². The van der Waals surface area contributed by atoms with Crippen molar-refractivity contribution in [3.63, 3.8) is 0 Å². The van der Waals surface area contributed by atoms with Crippen LogP contribution in [-0.4, -0.2) is 48.8 Å². The summed E-state index contributed by atoms with van der Waals surface area (Å²) in [5, 5.41) is 11.3. The molecule has 1 rings (SSSR count). The molecule has 0 saturated heterocycles. The van der Waals surface area contributed by atoms with Crippen LogP contribution in [0.4, 0.5) is 4.79 Å². The predicted octanol–water partition coefficient (Wildman–Crippen LogP) is 0.829. The maximum Gasteiger partial charge on any atom is 0.328 e. The summed E-state index contributed by atoms with van der Waals surface area (Å²) in [6.07, 6.45) is 1.54. The van der Waals surface area contributed by atoms with Crippen LogP contribution in [0.5, 0.6) is 0 Å². The summed E-state index contributed by atoms with van der Waals surface area (Å²) in [5.41, 5.74) is 0.872. The Morgan fingerprint density at radius 3 is 2.74 bits per heavy atom. The molecule has 0 radical (unpaired) electrons. The number of ether oxygens (including phenoxy) is 1. The van der Waals surface area contributed by atoms with Gasteiger partial charge in [-0.25, -0.2) is 9.59 Å². The number of rotatable bonds is 6. The van der Waals surface area contributed by atoms with Gasteiger partial charge in [-0.15, -0.1) is 0 Å². The van der Waals surface area contributed by atoms with Gasteiger partial charge in [0.05, 0.1) is 19.4 Å². The van der Waals surface area contributed by atoms with Gasteiger partial charge in [-0.1, -0.05) is 0 Å². The average molecular weight is 270 g/mol. The molecule has 0 fully saturated rings. The molecule has 0 saturated carbocycles. The van der Waals surface area contributed by atoms with Crippen molar-refractivity contribution in [3.8, 4) is 0 Å². The zero-order chi connectivity index (χ0) is 14.4. The molecular formula is C12H18N2O5. The number of carbonyl (C=O) groups is 2. The third kappa shape index (κ3) is 4.29. The minimum Gasteiger partial charge on any atom is -0.480 e. The van der Waals surface area contributed by atoms with Gasteiger partial charge in [0.2, 0.25) is 0 Å². The molecule has 0 spiro atoms. The van der Waals surface area contributed by atoms with E-state index in [1.807, 2.05) is 0 Å². The summed E-state index contributed by atoms with van der Waals surface area (Å²) in [4.78, 5) is 24.1. The summed E-state index contributed by atoms with van der Waals surface area (Å²) in [6.45, 7) is 2.05. The van der Waals surface area contributed by atoms with Gasteiger partial charge in [-0.05, 0) is 13.0 Å². The van der Waals surface area contributed by atoms with E-state index in [9.17, 15) is 9.59 Å². The predicted molar refractivity (Wildman–Crippen MR) is 66.7 cm³/mol.